The van der Waals surface area contributed by atoms with Crippen LogP contribution in [0, 0.1) is 0 Å². The van der Waals surface area contributed by atoms with Crippen LogP contribution in [0.1, 0.15) is 17.0 Å². The van der Waals surface area contributed by atoms with Crippen LogP contribution in [0.5, 0.6) is 5.75 Å². The SMILES string of the molecule is O=C(O)C1(Cc2nccs2)CCOc2ccccc21. The molecule has 0 bridgehead atoms. The van der Waals surface area contributed by atoms with Crippen molar-refractivity contribution in [1.82, 2.24) is 4.98 Å². The third-order valence-electron chi connectivity index (χ3n) is 3.53. The number of carboxylic acids is 1. The molecule has 5 heteroatoms. The van der Waals surface area contributed by atoms with Crippen LogP contribution in [0.2, 0.25) is 0 Å². The highest BCUT2D eigenvalue weighted by molar-refractivity contribution is 7.09. The van der Waals surface area contributed by atoms with E-state index in [1.54, 1.807) is 6.20 Å². The molecule has 1 aliphatic rings. The molecule has 0 fully saturated rings. The Balaban J connectivity index is 2.09. The first-order chi connectivity index (χ1) is 9.22. The molecule has 1 N–H and O–H groups in total. The van der Waals surface area contributed by atoms with Crippen molar-refractivity contribution in [2.75, 3.05) is 6.61 Å². The van der Waals surface area contributed by atoms with Gasteiger partial charge in [-0.25, -0.2) is 4.98 Å². The maximum Gasteiger partial charge on any atom is 0.314 e. The van der Waals surface area contributed by atoms with Gasteiger partial charge in [-0.05, 0) is 6.07 Å². The summed E-state index contributed by atoms with van der Waals surface area (Å²) < 4.78 is 5.57. The van der Waals surface area contributed by atoms with Gasteiger partial charge in [0, 0.05) is 30.0 Å². The first-order valence-electron chi connectivity index (χ1n) is 6.06. The molecular weight excluding hydrogens is 262 g/mol. The van der Waals surface area contributed by atoms with Crippen LogP contribution >= 0.6 is 11.3 Å². The quantitative estimate of drug-likeness (QED) is 0.935. The fourth-order valence-electron chi connectivity index (χ4n) is 2.54. The first kappa shape index (κ1) is 12.2. The molecule has 0 radical (unpaired) electrons. The van der Waals surface area contributed by atoms with E-state index in [0.29, 0.717) is 25.2 Å². The minimum Gasteiger partial charge on any atom is -0.493 e. The summed E-state index contributed by atoms with van der Waals surface area (Å²) in [6.07, 6.45) is 2.60. The zero-order valence-corrected chi connectivity index (χ0v) is 11.0. The molecular formula is C14H13NO3S. The van der Waals surface area contributed by atoms with Crippen LogP contribution in [0.25, 0.3) is 0 Å². The average molecular weight is 275 g/mol. The number of ether oxygens (including phenoxy) is 1. The molecule has 1 aliphatic heterocycles. The van der Waals surface area contributed by atoms with E-state index in [2.05, 4.69) is 4.98 Å². The molecule has 1 aromatic carbocycles. The number of para-hydroxylation sites is 1. The number of hydrogen-bond donors (Lipinski definition) is 1. The summed E-state index contributed by atoms with van der Waals surface area (Å²) in [5, 5.41) is 12.5. The summed E-state index contributed by atoms with van der Waals surface area (Å²) in [5.41, 5.74) is -0.170. The monoisotopic (exact) mass is 275 g/mol. The van der Waals surface area contributed by atoms with Gasteiger partial charge in [0.1, 0.15) is 11.2 Å². The van der Waals surface area contributed by atoms with Gasteiger partial charge in [-0.1, -0.05) is 18.2 Å². The highest BCUT2D eigenvalue weighted by atomic mass is 32.1. The van der Waals surface area contributed by atoms with Crippen LogP contribution in [0.15, 0.2) is 35.8 Å². The number of aliphatic carboxylic acids is 1. The Morgan fingerprint density at radius 2 is 2.32 bits per heavy atom. The van der Waals surface area contributed by atoms with Crippen molar-refractivity contribution in [2.24, 2.45) is 0 Å². The molecule has 2 heterocycles. The molecule has 98 valence electrons. The Kier molecular flexibility index (Phi) is 2.98. The Morgan fingerprint density at radius 1 is 1.47 bits per heavy atom. The number of nitrogens with zero attached hydrogens (tertiary/aromatic N) is 1. The van der Waals surface area contributed by atoms with Crippen molar-refractivity contribution >= 4 is 17.3 Å². The number of fused-ring (bicyclic) bond motifs is 1. The van der Waals surface area contributed by atoms with Crippen LogP contribution < -0.4 is 4.74 Å². The summed E-state index contributed by atoms with van der Waals surface area (Å²) in [6.45, 7) is 0.425. The number of carbonyl (C=O) groups is 1. The molecule has 2 aromatic rings. The Bertz CT molecular complexity index is 596. The van der Waals surface area contributed by atoms with Crippen molar-refractivity contribution in [3.63, 3.8) is 0 Å². The fourth-order valence-corrected chi connectivity index (χ4v) is 3.27. The third-order valence-corrected chi connectivity index (χ3v) is 4.31. The molecule has 0 amide bonds. The lowest BCUT2D eigenvalue weighted by Gasteiger charge is -2.34. The van der Waals surface area contributed by atoms with E-state index in [-0.39, 0.29) is 0 Å². The van der Waals surface area contributed by atoms with E-state index in [9.17, 15) is 9.90 Å². The minimum absolute atomic E-state index is 0.417. The van der Waals surface area contributed by atoms with E-state index in [0.717, 1.165) is 10.6 Å². The third kappa shape index (κ3) is 2.00. The van der Waals surface area contributed by atoms with Crippen molar-refractivity contribution in [3.8, 4) is 5.75 Å². The van der Waals surface area contributed by atoms with Gasteiger partial charge in [0.05, 0.1) is 11.6 Å². The van der Waals surface area contributed by atoms with Crippen molar-refractivity contribution in [2.45, 2.75) is 18.3 Å². The number of thiazole rings is 1. The second kappa shape index (κ2) is 4.66. The number of carboxylic acid groups (broad SMARTS) is 1. The van der Waals surface area contributed by atoms with E-state index in [1.807, 2.05) is 29.6 Å². The summed E-state index contributed by atoms with van der Waals surface area (Å²) >= 11 is 1.49. The molecule has 0 spiro atoms. The summed E-state index contributed by atoms with van der Waals surface area (Å²) in [5.74, 6) is -0.133. The van der Waals surface area contributed by atoms with Gasteiger partial charge >= 0.3 is 5.97 Å². The van der Waals surface area contributed by atoms with Crippen LogP contribution in [0.3, 0.4) is 0 Å². The highest BCUT2D eigenvalue weighted by Gasteiger charge is 2.45. The summed E-state index contributed by atoms with van der Waals surface area (Å²) in [7, 11) is 0. The lowest BCUT2D eigenvalue weighted by Crippen LogP contribution is -2.42. The van der Waals surface area contributed by atoms with Crippen LogP contribution in [-0.4, -0.2) is 22.7 Å². The standard InChI is InChI=1S/C14H13NO3S/c16-13(17)14(9-12-15-6-8-19-12)5-7-18-11-4-2-1-3-10(11)14/h1-4,6,8H,5,7,9H2,(H,16,17). The molecule has 1 unspecified atom stereocenters. The van der Waals surface area contributed by atoms with Crippen molar-refractivity contribution < 1.29 is 14.6 Å². The van der Waals surface area contributed by atoms with E-state index in [4.69, 9.17) is 4.74 Å². The number of rotatable bonds is 3. The second-order valence-corrected chi connectivity index (χ2v) is 5.56. The van der Waals surface area contributed by atoms with Gasteiger partial charge in [0.15, 0.2) is 0 Å². The largest absolute Gasteiger partial charge is 0.493 e. The van der Waals surface area contributed by atoms with Gasteiger partial charge in [-0.2, -0.15) is 0 Å². The predicted octanol–water partition coefficient (Wildman–Crippen LogP) is 2.49. The topological polar surface area (TPSA) is 59.4 Å². The van der Waals surface area contributed by atoms with Gasteiger partial charge in [-0.15, -0.1) is 11.3 Å². The average Bonchev–Trinajstić information content (AvgIpc) is 2.91. The molecule has 1 aromatic heterocycles. The van der Waals surface area contributed by atoms with Gasteiger partial charge in [0.25, 0.3) is 0 Å². The molecule has 1 atom stereocenters. The molecule has 3 rings (SSSR count). The van der Waals surface area contributed by atoms with Gasteiger partial charge in [-0.3, -0.25) is 4.79 Å². The smallest absolute Gasteiger partial charge is 0.314 e. The van der Waals surface area contributed by atoms with E-state index >= 15 is 0 Å². The number of benzene rings is 1. The Labute approximate surface area is 114 Å². The summed E-state index contributed by atoms with van der Waals surface area (Å²) in [4.78, 5) is 16.1. The Hall–Kier alpha value is -1.88. The van der Waals surface area contributed by atoms with Gasteiger partial charge in [0.2, 0.25) is 0 Å². The van der Waals surface area contributed by atoms with E-state index in [1.165, 1.54) is 11.3 Å². The van der Waals surface area contributed by atoms with E-state index < -0.39 is 11.4 Å². The molecule has 0 saturated heterocycles. The van der Waals surface area contributed by atoms with Crippen LogP contribution in [0.4, 0.5) is 0 Å². The zero-order valence-electron chi connectivity index (χ0n) is 10.2. The van der Waals surface area contributed by atoms with Gasteiger partial charge < -0.3 is 9.84 Å². The fraction of sp³-hybridized carbons (Fsp3) is 0.286. The molecule has 0 saturated carbocycles. The maximum atomic E-state index is 11.9. The van der Waals surface area contributed by atoms with Crippen molar-refractivity contribution in [3.05, 3.63) is 46.4 Å². The summed E-state index contributed by atoms with van der Waals surface area (Å²) in [6, 6.07) is 7.39. The first-order valence-corrected chi connectivity index (χ1v) is 6.94. The Morgan fingerprint density at radius 3 is 3.05 bits per heavy atom. The minimum atomic E-state index is -0.924. The molecule has 19 heavy (non-hydrogen) atoms. The molecule has 4 nitrogen and oxygen atoms in total. The zero-order chi connectivity index (χ0) is 13.3. The highest BCUT2D eigenvalue weighted by Crippen LogP contribution is 2.41. The number of aromatic nitrogens is 1. The normalized spacial score (nSPS) is 21.5. The maximum absolute atomic E-state index is 11.9. The lowest BCUT2D eigenvalue weighted by molar-refractivity contribution is -0.145. The predicted molar refractivity (Wildman–Crippen MR) is 71.7 cm³/mol. The second-order valence-electron chi connectivity index (χ2n) is 4.58. The van der Waals surface area contributed by atoms with Crippen LogP contribution in [-0.2, 0) is 16.6 Å². The van der Waals surface area contributed by atoms with Crippen molar-refractivity contribution in [1.29, 1.82) is 0 Å². The molecule has 0 aliphatic carbocycles. The number of hydrogen-bond acceptors (Lipinski definition) is 4. The lowest BCUT2D eigenvalue weighted by atomic mass is 9.73.